The largest absolute Gasteiger partial charge is 0.268 e. The zero-order valence-corrected chi connectivity index (χ0v) is 14.3. The average Bonchev–Trinajstić information content (AvgIpc) is 2.40. The van der Waals surface area contributed by atoms with Crippen LogP contribution in [0.15, 0.2) is 51.7 Å². The van der Waals surface area contributed by atoms with Crippen LogP contribution in [-0.2, 0) is 0 Å². The second kappa shape index (κ2) is 5.29. The summed E-state index contributed by atoms with van der Waals surface area (Å²) in [5.74, 6) is 0.682. The fourth-order valence-corrected chi connectivity index (χ4v) is 3.07. The minimum atomic E-state index is -0.0379. The Kier molecular flexibility index (Phi) is 3.64. The van der Waals surface area contributed by atoms with Gasteiger partial charge in [0, 0.05) is 8.04 Å². The molecule has 3 aromatic rings. The first-order valence-electron chi connectivity index (χ1n) is 6.01. The lowest BCUT2D eigenvalue weighted by atomic mass is 10.2. The first-order chi connectivity index (χ1) is 9.56. The van der Waals surface area contributed by atoms with Gasteiger partial charge in [-0.2, -0.15) is 0 Å². The quantitative estimate of drug-likeness (QED) is 0.535. The predicted octanol–water partition coefficient (Wildman–Crippen LogP) is 4.06. The molecule has 100 valence electrons. The highest BCUT2D eigenvalue weighted by Crippen LogP contribution is 2.18. The Balaban J connectivity index is 2.39. The van der Waals surface area contributed by atoms with Crippen molar-refractivity contribution in [2.24, 2.45) is 0 Å². The van der Waals surface area contributed by atoms with Crippen LogP contribution in [-0.4, -0.2) is 9.55 Å². The van der Waals surface area contributed by atoms with Crippen molar-refractivity contribution >= 4 is 49.4 Å². The molecule has 0 saturated carbocycles. The smallest absolute Gasteiger partial charge is 0.265 e. The van der Waals surface area contributed by atoms with Crippen molar-refractivity contribution in [3.8, 4) is 5.69 Å². The van der Waals surface area contributed by atoms with Gasteiger partial charge in [0.25, 0.3) is 5.56 Å². The third-order valence-corrected chi connectivity index (χ3v) is 4.23. The number of fused-ring (bicyclic) bond motifs is 1. The van der Waals surface area contributed by atoms with Crippen LogP contribution in [0, 0.1) is 10.5 Å². The standard InChI is InChI=1S/C15H10BrIN2O/c1-9-18-14-6-5-11(17)8-13(14)15(20)19(9)12-4-2-3-10(16)7-12/h2-8H,1H3. The second-order valence-corrected chi connectivity index (χ2v) is 6.60. The van der Waals surface area contributed by atoms with E-state index >= 15 is 0 Å². The van der Waals surface area contributed by atoms with E-state index in [1.165, 1.54) is 0 Å². The Morgan fingerprint density at radius 3 is 2.75 bits per heavy atom. The molecule has 0 atom stereocenters. The molecule has 3 nitrogen and oxygen atoms in total. The first kappa shape index (κ1) is 13.8. The van der Waals surface area contributed by atoms with Crippen LogP contribution in [0.5, 0.6) is 0 Å². The number of rotatable bonds is 1. The summed E-state index contributed by atoms with van der Waals surface area (Å²) < 4.78 is 3.60. The lowest BCUT2D eigenvalue weighted by Crippen LogP contribution is -2.22. The normalized spacial score (nSPS) is 10.9. The molecule has 1 heterocycles. The van der Waals surface area contributed by atoms with Gasteiger partial charge in [-0.25, -0.2) is 4.98 Å². The molecule has 0 N–H and O–H groups in total. The first-order valence-corrected chi connectivity index (χ1v) is 7.88. The van der Waals surface area contributed by atoms with E-state index in [-0.39, 0.29) is 5.56 Å². The van der Waals surface area contributed by atoms with Crippen molar-refractivity contribution in [2.45, 2.75) is 6.92 Å². The maximum atomic E-state index is 12.7. The minimum absolute atomic E-state index is 0.0379. The number of hydrogen-bond donors (Lipinski definition) is 0. The monoisotopic (exact) mass is 440 g/mol. The molecule has 0 saturated heterocycles. The Morgan fingerprint density at radius 1 is 1.20 bits per heavy atom. The van der Waals surface area contributed by atoms with E-state index in [4.69, 9.17) is 0 Å². The topological polar surface area (TPSA) is 34.9 Å². The van der Waals surface area contributed by atoms with Crippen LogP contribution in [0.3, 0.4) is 0 Å². The van der Waals surface area contributed by atoms with Crippen LogP contribution in [0.1, 0.15) is 5.82 Å². The van der Waals surface area contributed by atoms with Gasteiger partial charge in [0.1, 0.15) is 5.82 Å². The molecule has 0 aliphatic carbocycles. The van der Waals surface area contributed by atoms with Crippen LogP contribution < -0.4 is 5.56 Å². The van der Waals surface area contributed by atoms with Crippen molar-refractivity contribution in [3.63, 3.8) is 0 Å². The van der Waals surface area contributed by atoms with E-state index in [0.29, 0.717) is 11.2 Å². The van der Waals surface area contributed by atoms with E-state index in [9.17, 15) is 4.79 Å². The van der Waals surface area contributed by atoms with E-state index in [0.717, 1.165) is 19.2 Å². The summed E-state index contributed by atoms with van der Waals surface area (Å²) in [6.07, 6.45) is 0. The van der Waals surface area contributed by atoms with E-state index in [2.05, 4.69) is 43.5 Å². The summed E-state index contributed by atoms with van der Waals surface area (Å²) >= 11 is 5.63. The van der Waals surface area contributed by atoms with Crippen LogP contribution in [0.2, 0.25) is 0 Å². The summed E-state index contributed by atoms with van der Waals surface area (Å²) in [5.41, 5.74) is 1.51. The highest BCUT2D eigenvalue weighted by atomic mass is 127. The van der Waals surface area contributed by atoms with Gasteiger partial charge in [0.15, 0.2) is 0 Å². The number of hydrogen-bond acceptors (Lipinski definition) is 2. The van der Waals surface area contributed by atoms with Crippen molar-refractivity contribution in [1.82, 2.24) is 9.55 Å². The molecule has 0 fully saturated rings. The van der Waals surface area contributed by atoms with E-state index in [1.807, 2.05) is 49.4 Å². The summed E-state index contributed by atoms with van der Waals surface area (Å²) in [6, 6.07) is 13.4. The van der Waals surface area contributed by atoms with Gasteiger partial charge in [0.2, 0.25) is 0 Å². The van der Waals surface area contributed by atoms with Crippen molar-refractivity contribution in [2.75, 3.05) is 0 Å². The molecular formula is C15H10BrIN2O. The maximum Gasteiger partial charge on any atom is 0.265 e. The Hall–Kier alpha value is -1.21. The van der Waals surface area contributed by atoms with E-state index in [1.54, 1.807) is 4.57 Å². The predicted molar refractivity (Wildman–Crippen MR) is 92.5 cm³/mol. The summed E-state index contributed by atoms with van der Waals surface area (Å²) in [5, 5.41) is 0.641. The van der Waals surface area contributed by atoms with Gasteiger partial charge in [-0.15, -0.1) is 0 Å². The van der Waals surface area contributed by atoms with Crippen molar-refractivity contribution in [3.05, 3.63) is 66.7 Å². The Morgan fingerprint density at radius 2 is 2.00 bits per heavy atom. The van der Waals surface area contributed by atoms with Crippen molar-refractivity contribution < 1.29 is 0 Å². The molecule has 0 aliphatic heterocycles. The third kappa shape index (κ3) is 2.40. The highest BCUT2D eigenvalue weighted by Gasteiger charge is 2.10. The zero-order valence-electron chi connectivity index (χ0n) is 10.6. The number of aromatic nitrogens is 2. The Labute approximate surface area is 137 Å². The van der Waals surface area contributed by atoms with Gasteiger partial charge < -0.3 is 0 Å². The van der Waals surface area contributed by atoms with E-state index < -0.39 is 0 Å². The molecule has 0 amide bonds. The van der Waals surface area contributed by atoms with Gasteiger partial charge in [-0.3, -0.25) is 9.36 Å². The van der Waals surface area contributed by atoms with Gasteiger partial charge in [0.05, 0.1) is 16.6 Å². The average molecular weight is 441 g/mol. The highest BCUT2D eigenvalue weighted by molar-refractivity contribution is 14.1. The molecule has 0 aliphatic rings. The Bertz CT molecular complexity index is 873. The second-order valence-electron chi connectivity index (χ2n) is 4.44. The summed E-state index contributed by atoms with van der Waals surface area (Å²) in [6.45, 7) is 1.85. The number of nitrogens with zero attached hydrogens (tertiary/aromatic N) is 2. The minimum Gasteiger partial charge on any atom is -0.268 e. The van der Waals surface area contributed by atoms with Crippen LogP contribution in [0.4, 0.5) is 0 Å². The molecule has 0 radical (unpaired) electrons. The molecule has 0 unspecified atom stereocenters. The molecule has 0 bridgehead atoms. The zero-order chi connectivity index (χ0) is 14.3. The summed E-state index contributed by atoms with van der Waals surface area (Å²) in [7, 11) is 0. The molecule has 0 spiro atoms. The SMILES string of the molecule is Cc1nc2ccc(I)cc2c(=O)n1-c1cccc(Br)c1. The molecule has 2 aromatic carbocycles. The maximum absolute atomic E-state index is 12.7. The number of benzene rings is 2. The molecule has 20 heavy (non-hydrogen) atoms. The van der Waals surface area contributed by atoms with Gasteiger partial charge in [-0.05, 0) is 65.9 Å². The molecule has 1 aromatic heterocycles. The van der Waals surface area contributed by atoms with Crippen LogP contribution in [0.25, 0.3) is 16.6 Å². The summed E-state index contributed by atoms with van der Waals surface area (Å²) in [4.78, 5) is 17.2. The fraction of sp³-hybridized carbons (Fsp3) is 0.0667. The molecular weight excluding hydrogens is 431 g/mol. The number of aryl methyl sites for hydroxylation is 1. The van der Waals surface area contributed by atoms with Gasteiger partial charge >= 0.3 is 0 Å². The third-order valence-electron chi connectivity index (χ3n) is 3.06. The van der Waals surface area contributed by atoms with Gasteiger partial charge in [-0.1, -0.05) is 22.0 Å². The molecule has 5 heteroatoms. The lowest BCUT2D eigenvalue weighted by molar-refractivity contribution is 0.894. The van der Waals surface area contributed by atoms with Crippen LogP contribution >= 0.6 is 38.5 Å². The molecule has 3 rings (SSSR count). The lowest BCUT2D eigenvalue weighted by Gasteiger charge is -2.11. The van der Waals surface area contributed by atoms with Crippen molar-refractivity contribution in [1.29, 1.82) is 0 Å². The fourth-order valence-electron chi connectivity index (χ4n) is 2.19. The number of halogens is 2.